The summed E-state index contributed by atoms with van der Waals surface area (Å²) in [6, 6.07) is 0. The molecule has 1 atom stereocenters. The highest BCUT2D eigenvalue weighted by Crippen LogP contribution is 2.14. The first-order chi connectivity index (χ1) is 22.0. The second-order valence-electron chi connectivity index (χ2n) is 13.8. The molecule has 0 fully saturated rings. The molecule has 0 rings (SSSR count). The SMILES string of the molecule is CCCCCCCC/C=C\CCCCCCCC(=O)CC(CN(C)C)OC(=O)CCCCCCC/C=C\CCCCCCCC. The summed E-state index contributed by atoms with van der Waals surface area (Å²) in [6.07, 6.45) is 43.1. The maximum absolute atomic E-state index is 12.6. The van der Waals surface area contributed by atoms with Crippen LogP contribution in [0, 0.1) is 0 Å². The first-order valence-corrected chi connectivity index (χ1v) is 19.6. The van der Waals surface area contributed by atoms with Crippen LogP contribution in [0.25, 0.3) is 0 Å². The van der Waals surface area contributed by atoms with Crippen LogP contribution >= 0.6 is 0 Å². The van der Waals surface area contributed by atoms with E-state index < -0.39 is 0 Å². The summed E-state index contributed by atoms with van der Waals surface area (Å²) in [7, 11) is 3.94. The lowest BCUT2D eigenvalue weighted by molar-refractivity contribution is -0.151. The molecule has 45 heavy (non-hydrogen) atoms. The quantitative estimate of drug-likeness (QED) is 0.0396. The largest absolute Gasteiger partial charge is 0.461 e. The predicted molar refractivity (Wildman–Crippen MR) is 197 cm³/mol. The van der Waals surface area contributed by atoms with Gasteiger partial charge in [-0.15, -0.1) is 0 Å². The first kappa shape index (κ1) is 43.6. The average Bonchev–Trinajstić information content (AvgIpc) is 3.00. The molecule has 0 aliphatic carbocycles. The van der Waals surface area contributed by atoms with Gasteiger partial charge in [-0.25, -0.2) is 0 Å². The zero-order chi connectivity index (χ0) is 33.1. The van der Waals surface area contributed by atoms with Crippen molar-refractivity contribution < 1.29 is 14.3 Å². The Morgan fingerprint density at radius 3 is 1.27 bits per heavy atom. The number of Topliss-reactive ketones (excluding diaryl/α,β-unsaturated/α-hetero) is 1. The Morgan fingerprint density at radius 2 is 0.867 bits per heavy atom. The molecule has 0 aromatic rings. The first-order valence-electron chi connectivity index (χ1n) is 19.6. The maximum atomic E-state index is 12.6. The number of unbranched alkanes of at least 4 members (excludes halogenated alkanes) is 22. The number of hydrogen-bond donors (Lipinski definition) is 0. The van der Waals surface area contributed by atoms with Gasteiger partial charge in [-0.2, -0.15) is 0 Å². The number of carbonyl (C=O) groups is 2. The van der Waals surface area contributed by atoms with Gasteiger partial charge in [-0.1, -0.05) is 141 Å². The predicted octanol–water partition coefficient (Wildman–Crippen LogP) is 12.5. The second-order valence-corrected chi connectivity index (χ2v) is 13.8. The molecule has 0 spiro atoms. The van der Waals surface area contributed by atoms with Gasteiger partial charge in [0, 0.05) is 25.8 Å². The molecule has 0 aliphatic heterocycles. The summed E-state index contributed by atoms with van der Waals surface area (Å²) in [6.45, 7) is 5.15. The van der Waals surface area contributed by atoms with E-state index in [-0.39, 0.29) is 17.9 Å². The van der Waals surface area contributed by atoms with E-state index in [2.05, 4.69) is 38.2 Å². The fourth-order valence-corrected chi connectivity index (χ4v) is 5.88. The highest BCUT2D eigenvalue weighted by Gasteiger charge is 2.19. The lowest BCUT2D eigenvalue weighted by Crippen LogP contribution is -2.32. The number of ketones is 1. The van der Waals surface area contributed by atoms with Crippen LogP contribution in [0.15, 0.2) is 24.3 Å². The third-order valence-electron chi connectivity index (χ3n) is 8.68. The van der Waals surface area contributed by atoms with Crippen LogP contribution in [-0.4, -0.2) is 43.4 Å². The summed E-state index contributed by atoms with van der Waals surface area (Å²) in [5, 5.41) is 0. The van der Waals surface area contributed by atoms with E-state index in [0.717, 1.165) is 25.7 Å². The van der Waals surface area contributed by atoms with Crippen LogP contribution in [0.5, 0.6) is 0 Å². The molecule has 4 heteroatoms. The van der Waals surface area contributed by atoms with Gasteiger partial charge in [0.25, 0.3) is 0 Å². The molecule has 0 aromatic heterocycles. The Balaban J connectivity index is 3.81. The highest BCUT2D eigenvalue weighted by atomic mass is 16.5. The van der Waals surface area contributed by atoms with E-state index in [4.69, 9.17) is 4.74 Å². The van der Waals surface area contributed by atoms with Crippen molar-refractivity contribution in [2.24, 2.45) is 0 Å². The van der Waals surface area contributed by atoms with Crippen molar-refractivity contribution in [1.29, 1.82) is 0 Å². The Morgan fingerprint density at radius 1 is 0.511 bits per heavy atom. The summed E-state index contributed by atoms with van der Waals surface area (Å²) >= 11 is 0. The minimum absolute atomic E-state index is 0.145. The summed E-state index contributed by atoms with van der Waals surface area (Å²) in [5.41, 5.74) is 0. The number of rotatable bonds is 35. The number of ether oxygens (including phenoxy) is 1. The van der Waals surface area contributed by atoms with E-state index in [1.165, 1.54) is 141 Å². The summed E-state index contributed by atoms with van der Waals surface area (Å²) in [5.74, 6) is 0.0848. The van der Waals surface area contributed by atoms with Crippen molar-refractivity contribution in [3.05, 3.63) is 24.3 Å². The normalized spacial score (nSPS) is 12.6. The van der Waals surface area contributed by atoms with Crippen LogP contribution in [-0.2, 0) is 14.3 Å². The Labute approximate surface area is 281 Å². The summed E-state index contributed by atoms with van der Waals surface area (Å²) < 4.78 is 5.76. The highest BCUT2D eigenvalue weighted by molar-refractivity contribution is 5.79. The van der Waals surface area contributed by atoms with Crippen LogP contribution in [0.2, 0.25) is 0 Å². The molecule has 0 heterocycles. The molecular formula is C41H77NO3. The van der Waals surface area contributed by atoms with Gasteiger partial charge in [-0.3, -0.25) is 9.59 Å². The number of likely N-dealkylation sites (N-methyl/N-ethyl adjacent to an activating group) is 1. The van der Waals surface area contributed by atoms with Crippen LogP contribution in [0.4, 0.5) is 0 Å². The van der Waals surface area contributed by atoms with Crippen LogP contribution in [0.1, 0.15) is 200 Å². The van der Waals surface area contributed by atoms with Gasteiger partial charge in [0.15, 0.2) is 0 Å². The number of carbonyl (C=O) groups excluding carboxylic acids is 2. The topological polar surface area (TPSA) is 46.6 Å². The number of hydrogen-bond acceptors (Lipinski definition) is 4. The minimum atomic E-state index is -0.328. The molecule has 0 bridgehead atoms. The van der Waals surface area contributed by atoms with Crippen LogP contribution in [0.3, 0.4) is 0 Å². The standard InChI is InChI=1S/C41H77NO3/c1-5-7-9-11-13-15-17-19-21-23-25-27-29-31-33-35-39(43)37-40(38-42(3)4)45-41(44)36-34-32-30-28-26-24-22-20-18-16-14-12-10-8-6-2/h19-22,40H,5-18,23-38H2,1-4H3/b21-19-,22-20-. The molecule has 0 amide bonds. The zero-order valence-electron chi connectivity index (χ0n) is 30.8. The van der Waals surface area contributed by atoms with E-state index in [0.29, 0.717) is 25.8 Å². The Kier molecular flexibility index (Phi) is 34.3. The fourth-order valence-electron chi connectivity index (χ4n) is 5.88. The third kappa shape index (κ3) is 35.3. The van der Waals surface area contributed by atoms with Gasteiger partial charge in [0.1, 0.15) is 11.9 Å². The zero-order valence-corrected chi connectivity index (χ0v) is 30.8. The molecular weight excluding hydrogens is 554 g/mol. The minimum Gasteiger partial charge on any atom is -0.461 e. The lowest BCUT2D eigenvalue weighted by Gasteiger charge is -2.21. The monoisotopic (exact) mass is 632 g/mol. The van der Waals surface area contributed by atoms with E-state index in [9.17, 15) is 9.59 Å². The Bertz CT molecular complexity index is 645. The number of nitrogens with zero attached hydrogens (tertiary/aromatic N) is 1. The van der Waals surface area contributed by atoms with Crippen molar-refractivity contribution in [1.82, 2.24) is 4.90 Å². The van der Waals surface area contributed by atoms with Gasteiger partial charge in [-0.05, 0) is 78.3 Å². The molecule has 0 saturated heterocycles. The van der Waals surface area contributed by atoms with Crippen molar-refractivity contribution in [3.63, 3.8) is 0 Å². The molecule has 0 saturated carbocycles. The van der Waals surface area contributed by atoms with Crippen molar-refractivity contribution in [2.75, 3.05) is 20.6 Å². The van der Waals surface area contributed by atoms with Gasteiger partial charge >= 0.3 is 5.97 Å². The van der Waals surface area contributed by atoms with Gasteiger partial charge in [0.2, 0.25) is 0 Å². The molecule has 4 nitrogen and oxygen atoms in total. The number of esters is 1. The summed E-state index contributed by atoms with van der Waals surface area (Å²) in [4.78, 5) is 27.1. The van der Waals surface area contributed by atoms with E-state index in [1.54, 1.807) is 0 Å². The third-order valence-corrected chi connectivity index (χ3v) is 8.68. The average molecular weight is 632 g/mol. The Hall–Kier alpha value is -1.42. The van der Waals surface area contributed by atoms with Gasteiger partial charge in [0.05, 0.1) is 0 Å². The molecule has 0 radical (unpaired) electrons. The molecule has 264 valence electrons. The van der Waals surface area contributed by atoms with Crippen molar-refractivity contribution in [3.8, 4) is 0 Å². The lowest BCUT2D eigenvalue weighted by atomic mass is 10.0. The number of allylic oxidation sites excluding steroid dienone is 4. The van der Waals surface area contributed by atoms with Crippen molar-refractivity contribution in [2.45, 2.75) is 206 Å². The van der Waals surface area contributed by atoms with Gasteiger partial charge < -0.3 is 9.64 Å². The van der Waals surface area contributed by atoms with E-state index >= 15 is 0 Å². The molecule has 1 unspecified atom stereocenters. The van der Waals surface area contributed by atoms with Crippen LogP contribution < -0.4 is 0 Å². The van der Waals surface area contributed by atoms with E-state index in [1.807, 2.05) is 19.0 Å². The molecule has 0 aliphatic rings. The smallest absolute Gasteiger partial charge is 0.306 e. The maximum Gasteiger partial charge on any atom is 0.306 e. The fraction of sp³-hybridized carbons (Fsp3) is 0.854. The second kappa shape index (κ2) is 35.4. The molecule has 0 N–H and O–H groups in total. The molecule has 0 aromatic carbocycles. The van der Waals surface area contributed by atoms with Crippen molar-refractivity contribution >= 4 is 11.8 Å².